The lowest BCUT2D eigenvalue weighted by Gasteiger charge is -1.94. The predicted octanol–water partition coefficient (Wildman–Crippen LogP) is 2.35. The van der Waals surface area contributed by atoms with E-state index in [1.165, 1.54) is 0 Å². The van der Waals surface area contributed by atoms with Crippen LogP contribution in [-0.4, -0.2) is 13.2 Å². The van der Waals surface area contributed by atoms with E-state index in [0.29, 0.717) is 13.2 Å². The average molecular weight is 192 g/mol. The number of hydrogen-bond acceptors (Lipinski definition) is 2. The Morgan fingerprint density at radius 1 is 1.08 bits per heavy atom. The van der Waals surface area contributed by atoms with Gasteiger partial charge in [-0.2, -0.15) is 0 Å². The zero-order chi connectivity index (χ0) is 8.93. The van der Waals surface area contributed by atoms with Crippen molar-refractivity contribution in [3.8, 4) is 11.6 Å². The molecule has 0 amide bonds. The van der Waals surface area contributed by atoms with Gasteiger partial charge < -0.3 is 9.05 Å². The van der Waals surface area contributed by atoms with Crippen molar-refractivity contribution >= 4 is 8.38 Å². The highest BCUT2D eigenvalue weighted by atomic mass is 31.2. The molecule has 1 aliphatic rings. The molecule has 66 valence electrons. The van der Waals surface area contributed by atoms with Gasteiger partial charge in [-0.1, -0.05) is 24.1 Å². The molecule has 1 heterocycles. The van der Waals surface area contributed by atoms with Gasteiger partial charge in [0.25, 0.3) is 8.38 Å². The lowest BCUT2D eigenvalue weighted by molar-refractivity contribution is 0.365. The third kappa shape index (κ3) is 2.54. The van der Waals surface area contributed by atoms with Crippen LogP contribution in [0.3, 0.4) is 0 Å². The van der Waals surface area contributed by atoms with Crippen LogP contribution in [0.1, 0.15) is 5.56 Å². The number of rotatable bonds is 0. The quantitative estimate of drug-likeness (QED) is 0.464. The maximum Gasteiger partial charge on any atom is 0.257 e. The Morgan fingerprint density at radius 3 is 2.46 bits per heavy atom. The molecule has 0 spiro atoms. The predicted molar refractivity (Wildman–Crippen MR) is 52.1 cm³/mol. The van der Waals surface area contributed by atoms with Crippen LogP contribution in [0.25, 0.3) is 0 Å². The summed E-state index contributed by atoms with van der Waals surface area (Å²) in [4.78, 5) is 0. The van der Waals surface area contributed by atoms with Crippen molar-refractivity contribution < 1.29 is 9.05 Å². The third-order valence-electron chi connectivity index (χ3n) is 1.57. The van der Waals surface area contributed by atoms with Gasteiger partial charge >= 0.3 is 0 Å². The minimum Gasteiger partial charge on any atom is -0.322 e. The van der Waals surface area contributed by atoms with E-state index in [9.17, 15) is 0 Å². The Bertz CT molecular complexity index is 320. The molecule has 0 unspecified atom stereocenters. The van der Waals surface area contributed by atoms with Gasteiger partial charge in [0.1, 0.15) is 0 Å². The Labute approximate surface area is 78.8 Å². The van der Waals surface area contributed by atoms with Crippen molar-refractivity contribution in [1.82, 2.24) is 0 Å². The van der Waals surface area contributed by atoms with Gasteiger partial charge in [-0.05, 0) is 17.8 Å². The molecule has 0 aromatic heterocycles. The fourth-order valence-electron chi connectivity index (χ4n) is 0.974. The van der Waals surface area contributed by atoms with Crippen LogP contribution in [0.2, 0.25) is 0 Å². The van der Waals surface area contributed by atoms with Crippen molar-refractivity contribution in [1.29, 1.82) is 0 Å². The van der Waals surface area contributed by atoms with Gasteiger partial charge in [0, 0.05) is 5.56 Å². The highest BCUT2D eigenvalue weighted by Crippen LogP contribution is 2.40. The topological polar surface area (TPSA) is 18.5 Å². The van der Waals surface area contributed by atoms with E-state index in [1.807, 2.05) is 30.3 Å². The summed E-state index contributed by atoms with van der Waals surface area (Å²) in [5, 5.41) is 0. The van der Waals surface area contributed by atoms with Crippen LogP contribution in [0, 0.1) is 11.6 Å². The number of benzene rings is 1. The summed E-state index contributed by atoms with van der Waals surface area (Å²) in [5.41, 5.74) is 3.97. The fourth-order valence-corrected chi connectivity index (χ4v) is 1.88. The van der Waals surface area contributed by atoms with Crippen molar-refractivity contribution in [2.45, 2.75) is 0 Å². The minimum absolute atomic E-state index is 0.676. The first kappa shape index (κ1) is 8.72. The number of hydrogen-bond donors (Lipinski definition) is 0. The standard InChI is InChI=1S/C10H9O2P/c1-2-4-10(5-3-1)6-9-13-11-7-8-12-13/h1-5H,7-8H2. The lowest BCUT2D eigenvalue weighted by atomic mass is 10.2. The van der Waals surface area contributed by atoms with Gasteiger partial charge in [-0.15, -0.1) is 0 Å². The molecule has 1 fully saturated rings. The van der Waals surface area contributed by atoms with Gasteiger partial charge in [0.05, 0.1) is 13.2 Å². The first-order valence-corrected chi connectivity index (χ1v) is 5.25. The molecular weight excluding hydrogens is 183 g/mol. The normalized spacial score (nSPS) is 16.6. The first-order valence-electron chi connectivity index (χ1n) is 4.08. The highest BCUT2D eigenvalue weighted by Gasteiger charge is 2.13. The van der Waals surface area contributed by atoms with Gasteiger partial charge in [0.2, 0.25) is 0 Å². The molecule has 3 heteroatoms. The average Bonchev–Trinajstić information content (AvgIpc) is 2.69. The molecule has 0 radical (unpaired) electrons. The van der Waals surface area contributed by atoms with E-state index >= 15 is 0 Å². The van der Waals surface area contributed by atoms with Crippen LogP contribution < -0.4 is 0 Å². The van der Waals surface area contributed by atoms with E-state index in [-0.39, 0.29) is 0 Å². The molecule has 1 aromatic rings. The van der Waals surface area contributed by atoms with Crippen molar-refractivity contribution in [2.75, 3.05) is 13.2 Å². The van der Waals surface area contributed by atoms with E-state index < -0.39 is 8.38 Å². The molecule has 2 rings (SSSR count). The molecule has 0 atom stereocenters. The summed E-state index contributed by atoms with van der Waals surface area (Å²) in [7, 11) is -0.930. The summed E-state index contributed by atoms with van der Waals surface area (Å²) in [6.45, 7) is 1.35. The summed E-state index contributed by atoms with van der Waals surface area (Å²) >= 11 is 0. The van der Waals surface area contributed by atoms with Crippen LogP contribution in [0.4, 0.5) is 0 Å². The molecule has 13 heavy (non-hydrogen) atoms. The van der Waals surface area contributed by atoms with Crippen LogP contribution >= 0.6 is 8.38 Å². The van der Waals surface area contributed by atoms with Gasteiger partial charge in [-0.3, -0.25) is 0 Å². The van der Waals surface area contributed by atoms with Crippen LogP contribution in [0.15, 0.2) is 30.3 Å². The lowest BCUT2D eigenvalue weighted by Crippen LogP contribution is -1.79. The highest BCUT2D eigenvalue weighted by molar-refractivity contribution is 7.53. The Kier molecular flexibility index (Phi) is 2.94. The second-order valence-corrected chi connectivity index (χ2v) is 3.78. The minimum atomic E-state index is -0.930. The van der Waals surface area contributed by atoms with Gasteiger partial charge in [-0.25, -0.2) is 0 Å². The van der Waals surface area contributed by atoms with E-state index in [0.717, 1.165) is 5.56 Å². The summed E-state index contributed by atoms with van der Waals surface area (Å²) in [6.07, 6.45) is 0. The molecule has 1 saturated heterocycles. The summed E-state index contributed by atoms with van der Waals surface area (Å²) in [6, 6.07) is 9.84. The Morgan fingerprint density at radius 2 is 1.77 bits per heavy atom. The Balaban J connectivity index is 2.03. The van der Waals surface area contributed by atoms with E-state index in [1.54, 1.807) is 0 Å². The largest absolute Gasteiger partial charge is 0.322 e. The summed E-state index contributed by atoms with van der Waals surface area (Å²) in [5.74, 6) is 3.02. The molecule has 1 aliphatic heterocycles. The Hall–Kier alpha value is -0.870. The van der Waals surface area contributed by atoms with Crippen molar-refractivity contribution in [3.05, 3.63) is 35.9 Å². The molecule has 0 aliphatic carbocycles. The molecular formula is C10H9O2P. The molecule has 2 nitrogen and oxygen atoms in total. The first-order chi connectivity index (χ1) is 6.45. The second kappa shape index (κ2) is 4.39. The maximum absolute atomic E-state index is 5.24. The second-order valence-electron chi connectivity index (χ2n) is 2.53. The molecule has 1 aromatic carbocycles. The van der Waals surface area contributed by atoms with E-state index in [4.69, 9.17) is 9.05 Å². The van der Waals surface area contributed by atoms with Crippen molar-refractivity contribution in [2.24, 2.45) is 0 Å². The fraction of sp³-hybridized carbons (Fsp3) is 0.200. The zero-order valence-electron chi connectivity index (χ0n) is 7.06. The zero-order valence-corrected chi connectivity index (χ0v) is 7.96. The SMILES string of the molecule is C(#CP1OCCO1)c1ccccc1. The van der Waals surface area contributed by atoms with Crippen LogP contribution in [0.5, 0.6) is 0 Å². The summed E-state index contributed by atoms with van der Waals surface area (Å²) < 4.78 is 10.5. The third-order valence-corrected chi connectivity index (χ3v) is 2.69. The van der Waals surface area contributed by atoms with E-state index in [2.05, 4.69) is 11.6 Å². The molecule has 0 N–H and O–H groups in total. The van der Waals surface area contributed by atoms with Crippen molar-refractivity contribution in [3.63, 3.8) is 0 Å². The smallest absolute Gasteiger partial charge is 0.257 e. The molecule has 0 bridgehead atoms. The molecule has 0 saturated carbocycles. The van der Waals surface area contributed by atoms with Gasteiger partial charge in [0.15, 0.2) is 0 Å². The monoisotopic (exact) mass is 192 g/mol. The van der Waals surface area contributed by atoms with Crippen LogP contribution in [-0.2, 0) is 9.05 Å². The maximum atomic E-state index is 5.24.